The molecule has 0 unspecified atom stereocenters. The summed E-state index contributed by atoms with van der Waals surface area (Å²) in [5, 5.41) is 0. The number of rotatable bonds is 3. The van der Waals surface area contributed by atoms with Crippen LogP contribution in [0, 0.1) is 0 Å². The van der Waals surface area contributed by atoms with E-state index in [1.54, 1.807) is 4.90 Å². The van der Waals surface area contributed by atoms with E-state index in [2.05, 4.69) is 9.97 Å². The molecule has 0 fully saturated rings. The zero-order chi connectivity index (χ0) is 16.2. The van der Waals surface area contributed by atoms with Gasteiger partial charge in [-0.15, -0.1) is 0 Å². The Balaban J connectivity index is 1.67. The number of fused-ring (bicyclic) bond motifs is 1. The first-order valence-corrected chi connectivity index (χ1v) is 7.28. The molecular weight excluding hydrogens is 296 g/mol. The number of esters is 1. The first kappa shape index (κ1) is 15.0. The standard InChI is InChI=1S/C16H16N4O3/c17-15-14(18-7-8-19-15)16(22)23-10-13(21)20-9-3-5-11-4-1-2-6-12(11)20/h1-2,4,6-8H,3,5,9-10H2,(H2,17,19). The second kappa shape index (κ2) is 6.43. The van der Waals surface area contributed by atoms with Crippen LogP contribution in [0.15, 0.2) is 36.7 Å². The van der Waals surface area contributed by atoms with E-state index in [0.717, 1.165) is 24.1 Å². The summed E-state index contributed by atoms with van der Waals surface area (Å²) in [5.74, 6) is -1.05. The van der Waals surface area contributed by atoms with Crippen LogP contribution in [0.4, 0.5) is 11.5 Å². The highest BCUT2D eigenvalue weighted by atomic mass is 16.5. The van der Waals surface area contributed by atoms with Crippen LogP contribution in [0.2, 0.25) is 0 Å². The molecule has 0 bridgehead atoms. The number of aryl methyl sites for hydroxylation is 1. The number of anilines is 2. The fourth-order valence-corrected chi connectivity index (χ4v) is 2.57. The molecule has 1 aromatic heterocycles. The molecule has 23 heavy (non-hydrogen) atoms. The van der Waals surface area contributed by atoms with E-state index in [1.807, 2.05) is 24.3 Å². The van der Waals surface area contributed by atoms with Crippen LogP contribution in [-0.4, -0.2) is 35.0 Å². The number of para-hydroxylation sites is 1. The van der Waals surface area contributed by atoms with Gasteiger partial charge in [-0.05, 0) is 24.5 Å². The molecule has 118 valence electrons. The Labute approximate surface area is 133 Å². The second-order valence-corrected chi connectivity index (χ2v) is 5.14. The summed E-state index contributed by atoms with van der Waals surface area (Å²) in [4.78, 5) is 33.5. The number of amides is 1. The maximum Gasteiger partial charge on any atom is 0.361 e. The number of benzene rings is 1. The zero-order valence-corrected chi connectivity index (χ0v) is 12.4. The third kappa shape index (κ3) is 3.13. The van der Waals surface area contributed by atoms with Crippen molar-refractivity contribution in [2.75, 3.05) is 23.8 Å². The molecule has 0 radical (unpaired) electrons. The predicted octanol–water partition coefficient (Wildman–Crippen LogP) is 1.19. The third-order valence-electron chi connectivity index (χ3n) is 3.66. The van der Waals surface area contributed by atoms with E-state index in [1.165, 1.54) is 12.4 Å². The van der Waals surface area contributed by atoms with Crippen LogP contribution in [-0.2, 0) is 16.0 Å². The van der Waals surface area contributed by atoms with Crippen molar-refractivity contribution in [2.45, 2.75) is 12.8 Å². The van der Waals surface area contributed by atoms with E-state index >= 15 is 0 Å². The van der Waals surface area contributed by atoms with Crippen LogP contribution in [0.25, 0.3) is 0 Å². The molecule has 0 saturated carbocycles. The molecule has 0 aliphatic carbocycles. The van der Waals surface area contributed by atoms with E-state index < -0.39 is 5.97 Å². The molecule has 2 aromatic rings. The van der Waals surface area contributed by atoms with Gasteiger partial charge in [0.2, 0.25) is 0 Å². The Bertz CT molecular complexity index is 748. The highest BCUT2D eigenvalue weighted by Gasteiger charge is 2.24. The number of ether oxygens (including phenoxy) is 1. The summed E-state index contributed by atoms with van der Waals surface area (Å²) in [6.45, 7) is 0.254. The first-order chi connectivity index (χ1) is 11.2. The third-order valence-corrected chi connectivity index (χ3v) is 3.66. The smallest absolute Gasteiger partial charge is 0.361 e. The zero-order valence-electron chi connectivity index (χ0n) is 12.4. The fraction of sp³-hybridized carbons (Fsp3) is 0.250. The second-order valence-electron chi connectivity index (χ2n) is 5.14. The van der Waals surface area contributed by atoms with E-state index in [-0.39, 0.29) is 24.0 Å². The lowest BCUT2D eigenvalue weighted by molar-refractivity contribution is -0.121. The maximum absolute atomic E-state index is 12.4. The maximum atomic E-state index is 12.4. The number of nitrogens with two attached hydrogens (primary N) is 1. The number of nitrogen functional groups attached to an aromatic ring is 1. The number of aromatic nitrogens is 2. The van der Waals surface area contributed by atoms with E-state index in [9.17, 15) is 9.59 Å². The highest BCUT2D eigenvalue weighted by Crippen LogP contribution is 2.26. The van der Waals surface area contributed by atoms with Gasteiger partial charge in [0.25, 0.3) is 5.91 Å². The first-order valence-electron chi connectivity index (χ1n) is 7.28. The van der Waals surface area contributed by atoms with Gasteiger partial charge in [-0.2, -0.15) is 0 Å². The molecule has 7 heteroatoms. The molecule has 1 aliphatic rings. The molecule has 2 heterocycles. The monoisotopic (exact) mass is 312 g/mol. The van der Waals surface area contributed by atoms with Gasteiger partial charge in [0.15, 0.2) is 18.1 Å². The molecule has 7 nitrogen and oxygen atoms in total. The van der Waals surface area contributed by atoms with Gasteiger partial charge in [0.05, 0.1) is 0 Å². The average molecular weight is 312 g/mol. The van der Waals surface area contributed by atoms with Crippen molar-refractivity contribution < 1.29 is 14.3 Å². The molecule has 1 aromatic carbocycles. The highest BCUT2D eigenvalue weighted by molar-refractivity contribution is 5.98. The summed E-state index contributed by atoms with van der Waals surface area (Å²) in [5.41, 5.74) is 7.48. The number of carbonyl (C=O) groups is 2. The van der Waals surface area contributed by atoms with Crippen molar-refractivity contribution in [1.29, 1.82) is 0 Å². The van der Waals surface area contributed by atoms with Gasteiger partial charge in [-0.1, -0.05) is 18.2 Å². The van der Waals surface area contributed by atoms with Crippen molar-refractivity contribution in [3.05, 3.63) is 47.9 Å². The van der Waals surface area contributed by atoms with Crippen molar-refractivity contribution >= 4 is 23.4 Å². The summed E-state index contributed by atoms with van der Waals surface area (Å²) in [6.07, 6.45) is 4.54. The number of nitrogens with zero attached hydrogens (tertiary/aromatic N) is 3. The van der Waals surface area contributed by atoms with Gasteiger partial charge in [0, 0.05) is 24.6 Å². The molecule has 0 atom stereocenters. The fourth-order valence-electron chi connectivity index (χ4n) is 2.57. The largest absolute Gasteiger partial charge is 0.451 e. The lowest BCUT2D eigenvalue weighted by Crippen LogP contribution is -2.38. The predicted molar refractivity (Wildman–Crippen MR) is 83.8 cm³/mol. The lowest BCUT2D eigenvalue weighted by atomic mass is 10.0. The van der Waals surface area contributed by atoms with Gasteiger partial charge in [-0.3, -0.25) is 4.79 Å². The Morgan fingerprint density at radius 1 is 1.22 bits per heavy atom. The quantitative estimate of drug-likeness (QED) is 0.855. The van der Waals surface area contributed by atoms with Crippen LogP contribution < -0.4 is 10.6 Å². The number of carbonyl (C=O) groups excluding carboxylic acids is 2. The number of hydrogen-bond acceptors (Lipinski definition) is 6. The lowest BCUT2D eigenvalue weighted by Gasteiger charge is -2.29. The Morgan fingerprint density at radius 3 is 2.83 bits per heavy atom. The SMILES string of the molecule is Nc1nccnc1C(=O)OCC(=O)N1CCCc2ccccc21. The van der Waals surface area contributed by atoms with Crippen molar-refractivity contribution in [3.8, 4) is 0 Å². The Hall–Kier alpha value is -2.96. The molecule has 1 aliphatic heterocycles. The van der Waals surface area contributed by atoms with Crippen LogP contribution in [0.1, 0.15) is 22.5 Å². The Kier molecular flexibility index (Phi) is 4.18. The number of hydrogen-bond donors (Lipinski definition) is 1. The van der Waals surface area contributed by atoms with Gasteiger partial charge in [0.1, 0.15) is 0 Å². The van der Waals surface area contributed by atoms with Crippen LogP contribution in [0.3, 0.4) is 0 Å². The normalized spacial score (nSPS) is 13.3. The van der Waals surface area contributed by atoms with Crippen molar-refractivity contribution in [1.82, 2.24) is 9.97 Å². The molecule has 0 spiro atoms. The minimum absolute atomic E-state index is 0.0201. The Morgan fingerprint density at radius 2 is 2.00 bits per heavy atom. The molecule has 2 N–H and O–H groups in total. The minimum atomic E-state index is -0.755. The average Bonchev–Trinajstić information content (AvgIpc) is 2.59. The minimum Gasteiger partial charge on any atom is -0.451 e. The topological polar surface area (TPSA) is 98.4 Å². The van der Waals surface area contributed by atoms with Gasteiger partial charge < -0.3 is 15.4 Å². The van der Waals surface area contributed by atoms with E-state index in [4.69, 9.17) is 10.5 Å². The summed E-state index contributed by atoms with van der Waals surface area (Å²) in [6, 6.07) is 7.73. The molecule has 3 rings (SSSR count). The molecule has 1 amide bonds. The van der Waals surface area contributed by atoms with Crippen LogP contribution in [0.5, 0.6) is 0 Å². The summed E-state index contributed by atoms with van der Waals surface area (Å²) < 4.78 is 5.03. The van der Waals surface area contributed by atoms with Gasteiger partial charge in [-0.25, -0.2) is 14.8 Å². The molecular formula is C16H16N4O3. The van der Waals surface area contributed by atoms with Gasteiger partial charge >= 0.3 is 5.97 Å². The van der Waals surface area contributed by atoms with Crippen LogP contribution >= 0.6 is 0 Å². The van der Waals surface area contributed by atoms with E-state index in [0.29, 0.717) is 6.54 Å². The van der Waals surface area contributed by atoms with Crippen molar-refractivity contribution in [2.24, 2.45) is 0 Å². The summed E-state index contributed by atoms with van der Waals surface area (Å²) in [7, 11) is 0. The summed E-state index contributed by atoms with van der Waals surface area (Å²) >= 11 is 0. The molecule has 0 saturated heterocycles. The van der Waals surface area contributed by atoms with Crippen molar-refractivity contribution in [3.63, 3.8) is 0 Å².